The van der Waals surface area contributed by atoms with E-state index in [9.17, 15) is 4.79 Å². The SMILES string of the molecule is CC(=O)Cc1ccc2c(C)cncc2c1. The van der Waals surface area contributed by atoms with Crippen LogP contribution in [-0.4, -0.2) is 10.8 Å². The molecule has 2 nitrogen and oxygen atoms in total. The molecule has 1 heterocycles. The van der Waals surface area contributed by atoms with Crippen LogP contribution in [0.25, 0.3) is 10.8 Å². The number of pyridine rings is 1. The van der Waals surface area contributed by atoms with Gasteiger partial charge in [-0.3, -0.25) is 9.78 Å². The van der Waals surface area contributed by atoms with Gasteiger partial charge in [0.1, 0.15) is 5.78 Å². The highest BCUT2D eigenvalue weighted by molar-refractivity contribution is 5.86. The molecule has 0 aliphatic carbocycles. The molecule has 0 radical (unpaired) electrons. The minimum absolute atomic E-state index is 0.190. The van der Waals surface area contributed by atoms with Gasteiger partial charge in [0.05, 0.1) is 0 Å². The van der Waals surface area contributed by atoms with Gasteiger partial charge in [0.25, 0.3) is 0 Å². The molecule has 0 atom stereocenters. The van der Waals surface area contributed by atoms with E-state index in [1.165, 1.54) is 10.9 Å². The van der Waals surface area contributed by atoms with Crippen LogP contribution < -0.4 is 0 Å². The first kappa shape index (κ1) is 9.84. The Bertz CT molecular complexity index is 517. The number of carbonyl (C=O) groups excluding carboxylic acids is 1. The molecule has 2 aromatic rings. The van der Waals surface area contributed by atoms with Crippen LogP contribution in [0.4, 0.5) is 0 Å². The molecule has 0 amide bonds. The molecule has 0 N–H and O–H groups in total. The van der Waals surface area contributed by atoms with Gasteiger partial charge < -0.3 is 0 Å². The number of nitrogens with zero attached hydrogens (tertiary/aromatic N) is 1. The first-order chi connectivity index (χ1) is 7.16. The number of ketones is 1. The average molecular weight is 199 g/mol. The van der Waals surface area contributed by atoms with E-state index in [1.54, 1.807) is 6.92 Å². The van der Waals surface area contributed by atoms with E-state index in [0.29, 0.717) is 6.42 Å². The molecule has 0 saturated carbocycles. The Labute approximate surface area is 89.0 Å². The number of benzene rings is 1. The Morgan fingerprint density at radius 3 is 2.87 bits per heavy atom. The summed E-state index contributed by atoms with van der Waals surface area (Å²) in [4.78, 5) is 15.1. The van der Waals surface area contributed by atoms with Crippen LogP contribution in [0.2, 0.25) is 0 Å². The number of fused-ring (bicyclic) bond motifs is 1. The van der Waals surface area contributed by atoms with Crippen LogP contribution in [0.15, 0.2) is 30.6 Å². The highest BCUT2D eigenvalue weighted by Crippen LogP contribution is 2.18. The van der Waals surface area contributed by atoms with Crippen molar-refractivity contribution in [3.63, 3.8) is 0 Å². The lowest BCUT2D eigenvalue weighted by atomic mass is 10.0. The fourth-order valence-electron chi connectivity index (χ4n) is 1.77. The smallest absolute Gasteiger partial charge is 0.134 e. The highest BCUT2D eigenvalue weighted by Gasteiger charge is 2.01. The lowest BCUT2D eigenvalue weighted by Gasteiger charge is -2.03. The van der Waals surface area contributed by atoms with Gasteiger partial charge in [-0.15, -0.1) is 0 Å². The van der Waals surface area contributed by atoms with Crippen LogP contribution in [0, 0.1) is 6.92 Å². The second-order valence-corrected chi connectivity index (χ2v) is 3.89. The number of Topliss-reactive ketones (excluding diaryl/α,β-unsaturated/α-hetero) is 1. The maximum absolute atomic E-state index is 11.0. The van der Waals surface area contributed by atoms with E-state index in [4.69, 9.17) is 0 Å². The van der Waals surface area contributed by atoms with Crippen molar-refractivity contribution in [1.29, 1.82) is 0 Å². The topological polar surface area (TPSA) is 30.0 Å². The van der Waals surface area contributed by atoms with E-state index in [-0.39, 0.29) is 5.78 Å². The Balaban J connectivity index is 2.52. The molecular formula is C13H13NO. The van der Waals surface area contributed by atoms with Crippen LogP contribution in [0.3, 0.4) is 0 Å². The van der Waals surface area contributed by atoms with Gasteiger partial charge in [-0.1, -0.05) is 12.1 Å². The second-order valence-electron chi connectivity index (χ2n) is 3.89. The molecule has 0 bridgehead atoms. The Hall–Kier alpha value is -1.70. The van der Waals surface area contributed by atoms with Crippen molar-refractivity contribution in [2.45, 2.75) is 20.3 Å². The molecule has 0 fully saturated rings. The van der Waals surface area contributed by atoms with Crippen molar-refractivity contribution in [2.75, 3.05) is 0 Å². The predicted octanol–water partition coefficient (Wildman–Crippen LogP) is 2.67. The molecule has 0 aliphatic rings. The van der Waals surface area contributed by atoms with E-state index < -0.39 is 0 Å². The number of aryl methyl sites for hydroxylation is 1. The van der Waals surface area contributed by atoms with Crippen LogP contribution >= 0.6 is 0 Å². The molecule has 1 aromatic heterocycles. The summed E-state index contributed by atoms with van der Waals surface area (Å²) >= 11 is 0. The molecule has 1 aromatic carbocycles. The molecule has 2 heteroatoms. The Kier molecular flexibility index (Phi) is 2.50. The zero-order valence-electron chi connectivity index (χ0n) is 8.95. The zero-order valence-corrected chi connectivity index (χ0v) is 8.95. The first-order valence-corrected chi connectivity index (χ1v) is 4.99. The van der Waals surface area contributed by atoms with Crippen LogP contribution in [-0.2, 0) is 11.2 Å². The number of hydrogen-bond donors (Lipinski definition) is 0. The van der Waals surface area contributed by atoms with Crippen molar-refractivity contribution in [3.8, 4) is 0 Å². The summed E-state index contributed by atoms with van der Waals surface area (Å²) in [5, 5.41) is 2.31. The van der Waals surface area contributed by atoms with Crippen molar-refractivity contribution < 1.29 is 4.79 Å². The third-order valence-electron chi connectivity index (χ3n) is 2.48. The summed E-state index contributed by atoms with van der Waals surface area (Å²) in [5.41, 5.74) is 2.23. The Morgan fingerprint density at radius 2 is 2.13 bits per heavy atom. The largest absolute Gasteiger partial charge is 0.300 e. The second kappa shape index (κ2) is 3.81. The summed E-state index contributed by atoms with van der Waals surface area (Å²) < 4.78 is 0. The molecule has 0 spiro atoms. The zero-order chi connectivity index (χ0) is 10.8. The molecule has 0 saturated heterocycles. The summed E-state index contributed by atoms with van der Waals surface area (Å²) in [5.74, 6) is 0.190. The molecule has 0 unspecified atom stereocenters. The number of aromatic nitrogens is 1. The minimum atomic E-state index is 0.190. The van der Waals surface area contributed by atoms with Crippen molar-refractivity contribution in [2.24, 2.45) is 0 Å². The van der Waals surface area contributed by atoms with Crippen molar-refractivity contribution >= 4 is 16.6 Å². The minimum Gasteiger partial charge on any atom is -0.300 e. The van der Waals surface area contributed by atoms with Crippen molar-refractivity contribution in [1.82, 2.24) is 4.98 Å². The van der Waals surface area contributed by atoms with Gasteiger partial charge in [-0.25, -0.2) is 0 Å². The summed E-state index contributed by atoms with van der Waals surface area (Å²) in [6, 6.07) is 6.11. The van der Waals surface area contributed by atoms with E-state index in [2.05, 4.69) is 11.1 Å². The molecule has 15 heavy (non-hydrogen) atoms. The molecular weight excluding hydrogens is 186 g/mol. The first-order valence-electron chi connectivity index (χ1n) is 4.99. The predicted molar refractivity (Wildman–Crippen MR) is 60.9 cm³/mol. The fraction of sp³-hybridized carbons (Fsp3) is 0.231. The highest BCUT2D eigenvalue weighted by atomic mass is 16.1. The lowest BCUT2D eigenvalue weighted by molar-refractivity contribution is -0.116. The summed E-state index contributed by atoms with van der Waals surface area (Å²) in [7, 11) is 0. The van der Waals surface area contributed by atoms with Gasteiger partial charge in [0.2, 0.25) is 0 Å². The maximum atomic E-state index is 11.0. The van der Waals surface area contributed by atoms with Gasteiger partial charge in [0.15, 0.2) is 0 Å². The van der Waals surface area contributed by atoms with Gasteiger partial charge in [-0.2, -0.15) is 0 Å². The van der Waals surface area contributed by atoms with E-state index in [0.717, 1.165) is 10.9 Å². The average Bonchev–Trinajstić information content (AvgIpc) is 2.17. The quantitative estimate of drug-likeness (QED) is 0.744. The van der Waals surface area contributed by atoms with Gasteiger partial charge in [0, 0.05) is 24.2 Å². The number of hydrogen-bond acceptors (Lipinski definition) is 2. The number of carbonyl (C=O) groups is 1. The lowest BCUT2D eigenvalue weighted by Crippen LogP contribution is -1.96. The molecule has 0 aliphatic heterocycles. The van der Waals surface area contributed by atoms with E-state index in [1.807, 2.05) is 31.5 Å². The molecule has 76 valence electrons. The van der Waals surface area contributed by atoms with Crippen molar-refractivity contribution in [3.05, 3.63) is 41.7 Å². The summed E-state index contributed by atoms with van der Waals surface area (Å²) in [6.45, 7) is 3.65. The fourth-order valence-corrected chi connectivity index (χ4v) is 1.77. The van der Waals surface area contributed by atoms with E-state index >= 15 is 0 Å². The maximum Gasteiger partial charge on any atom is 0.134 e. The Morgan fingerprint density at radius 1 is 1.33 bits per heavy atom. The van der Waals surface area contributed by atoms with Crippen LogP contribution in [0.5, 0.6) is 0 Å². The normalized spacial score (nSPS) is 10.5. The van der Waals surface area contributed by atoms with Gasteiger partial charge >= 0.3 is 0 Å². The standard InChI is InChI=1S/C13H13NO/c1-9-7-14-8-12-6-11(5-10(2)15)3-4-13(9)12/h3-4,6-8H,5H2,1-2H3. The van der Waals surface area contributed by atoms with Gasteiger partial charge in [-0.05, 0) is 36.4 Å². The third-order valence-corrected chi connectivity index (χ3v) is 2.48. The number of rotatable bonds is 2. The monoisotopic (exact) mass is 199 g/mol. The van der Waals surface area contributed by atoms with Crippen LogP contribution in [0.1, 0.15) is 18.1 Å². The molecule has 2 rings (SSSR count). The summed E-state index contributed by atoms with van der Waals surface area (Å²) in [6.07, 6.45) is 4.20. The third kappa shape index (κ3) is 2.04.